The van der Waals surface area contributed by atoms with Gasteiger partial charge in [0.2, 0.25) is 17.2 Å². The topological polar surface area (TPSA) is 103 Å². The first-order valence-electron chi connectivity index (χ1n) is 9.55. The van der Waals surface area contributed by atoms with Crippen molar-refractivity contribution in [3.05, 3.63) is 45.1 Å². The molecule has 1 aliphatic rings. The number of hydrogen-bond acceptors (Lipinski definition) is 7. The van der Waals surface area contributed by atoms with Gasteiger partial charge in [0.25, 0.3) is 5.56 Å². The Balaban J connectivity index is 1.60. The Bertz CT molecular complexity index is 1300. The lowest BCUT2D eigenvalue weighted by molar-refractivity contribution is -0.116. The van der Waals surface area contributed by atoms with Crippen molar-refractivity contribution in [1.82, 2.24) is 19.5 Å². The number of anilines is 1. The molecule has 1 N–H and O–H groups in total. The van der Waals surface area contributed by atoms with Gasteiger partial charge in [0.05, 0.1) is 17.4 Å². The summed E-state index contributed by atoms with van der Waals surface area (Å²) >= 11 is 1.31. The van der Waals surface area contributed by atoms with Crippen molar-refractivity contribution in [2.45, 2.75) is 45.6 Å². The molecule has 0 unspecified atom stereocenters. The summed E-state index contributed by atoms with van der Waals surface area (Å²) in [5.74, 6) is -0.0703. The number of aromatic nitrogens is 4. The second kappa shape index (κ2) is 6.77. The Labute approximate surface area is 169 Å². The molecule has 0 fully saturated rings. The number of pyridine rings is 1. The number of aryl methyl sites for hydroxylation is 1. The summed E-state index contributed by atoms with van der Waals surface area (Å²) in [5.41, 5.74) is 4.24. The molecule has 0 aromatic carbocycles. The van der Waals surface area contributed by atoms with Crippen LogP contribution in [0.2, 0.25) is 0 Å². The van der Waals surface area contributed by atoms with Crippen molar-refractivity contribution in [2.24, 2.45) is 0 Å². The second-order valence-corrected chi connectivity index (χ2v) is 8.38. The number of furan rings is 1. The first kappa shape index (κ1) is 18.0. The zero-order valence-electron chi connectivity index (χ0n) is 16.1. The quantitative estimate of drug-likeness (QED) is 0.555. The summed E-state index contributed by atoms with van der Waals surface area (Å²) in [7, 11) is 0. The van der Waals surface area contributed by atoms with Crippen molar-refractivity contribution < 1.29 is 9.21 Å². The summed E-state index contributed by atoms with van der Waals surface area (Å²) in [6, 6.07) is 0. The van der Waals surface area contributed by atoms with E-state index in [2.05, 4.69) is 29.1 Å². The third-order valence-electron chi connectivity index (χ3n) is 5.24. The molecular formula is C20H19N5O3S. The standard InChI is InChI=1S/C20H19N5O3S/c1-10(2)15-12-5-3-4-11(12)14-16-17(28-18(14)24-15)19(27)25(9-22-16)8-13(26)23-20-21-6-7-29-20/h6-7,9-10H,3-5,8H2,1-2H3,(H,21,23,26). The minimum absolute atomic E-state index is 0.145. The average molecular weight is 409 g/mol. The molecule has 4 aromatic heterocycles. The van der Waals surface area contributed by atoms with Gasteiger partial charge < -0.3 is 9.73 Å². The Morgan fingerprint density at radius 1 is 1.31 bits per heavy atom. The van der Waals surface area contributed by atoms with Gasteiger partial charge in [-0.3, -0.25) is 14.2 Å². The highest BCUT2D eigenvalue weighted by Crippen LogP contribution is 2.37. The normalized spacial score (nSPS) is 13.5. The molecule has 0 spiro atoms. The summed E-state index contributed by atoms with van der Waals surface area (Å²) in [4.78, 5) is 38.4. The van der Waals surface area contributed by atoms with Crippen LogP contribution >= 0.6 is 11.3 Å². The van der Waals surface area contributed by atoms with Gasteiger partial charge in [0, 0.05) is 11.6 Å². The van der Waals surface area contributed by atoms with Crippen molar-refractivity contribution in [3.8, 4) is 0 Å². The lowest BCUT2D eigenvalue weighted by atomic mass is 9.99. The van der Waals surface area contributed by atoms with Gasteiger partial charge in [-0.15, -0.1) is 11.3 Å². The van der Waals surface area contributed by atoms with Gasteiger partial charge in [0.15, 0.2) is 5.13 Å². The fourth-order valence-electron chi connectivity index (χ4n) is 4.01. The van der Waals surface area contributed by atoms with Crippen molar-refractivity contribution in [3.63, 3.8) is 0 Å². The lowest BCUT2D eigenvalue weighted by Gasteiger charge is -2.11. The van der Waals surface area contributed by atoms with Gasteiger partial charge in [-0.25, -0.2) is 15.0 Å². The van der Waals surface area contributed by atoms with Crippen LogP contribution in [0.4, 0.5) is 5.13 Å². The lowest BCUT2D eigenvalue weighted by Crippen LogP contribution is -2.27. The Hall–Kier alpha value is -3.07. The zero-order chi connectivity index (χ0) is 20.1. The Kier molecular flexibility index (Phi) is 4.20. The highest BCUT2D eigenvalue weighted by atomic mass is 32.1. The predicted molar refractivity (Wildman–Crippen MR) is 110 cm³/mol. The van der Waals surface area contributed by atoms with E-state index in [-0.39, 0.29) is 29.5 Å². The van der Waals surface area contributed by atoms with Crippen LogP contribution in [-0.4, -0.2) is 25.4 Å². The monoisotopic (exact) mass is 409 g/mol. The summed E-state index contributed by atoms with van der Waals surface area (Å²) < 4.78 is 7.13. The third kappa shape index (κ3) is 2.93. The molecule has 9 heteroatoms. The SMILES string of the molecule is CC(C)c1nc2oc3c(=O)n(CC(=O)Nc4nccs4)cnc3c2c2c1CCC2. The van der Waals surface area contributed by atoms with Crippen LogP contribution < -0.4 is 10.9 Å². The molecule has 5 rings (SSSR count). The maximum atomic E-state index is 13.0. The van der Waals surface area contributed by atoms with E-state index in [4.69, 9.17) is 9.40 Å². The average Bonchev–Trinajstić information content (AvgIpc) is 3.41. The number of amides is 1. The highest BCUT2D eigenvalue weighted by molar-refractivity contribution is 7.13. The smallest absolute Gasteiger partial charge is 0.297 e. The summed E-state index contributed by atoms with van der Waals surface area (Å²) in [6.07, 6.45) is 6.00. The van der Waals surface area contributed by atoms with E-state index in [1.165, 1.54) is 33.4 Å². The van der Waals surface area contributed by atoms with Gasteiger partial charge in [-0.2, -0.15) is 0 Å². The molecule has 1 amide bonds. The molecule has 29 heavy (non-hydrogen) atoms. The largest absolute Gasteiger partial charge is 0.430 e. The number of nitrogens with zero attached hydrogens (tertiary/aromatic N) is 4. The van der Waals surface area contributed by atoms with Crippen molar-refractivity contribution >= 4 is 44.6 Å². The number of hydrogen-bond donors (Lipinski definition) is 1. The fraction of sp³-hybridized carbons (Fsp3) is 0.350. The van der Waals surface area contributed by atoms with Crippen molar-refractivity contribution in [1.29, 1.82) is 0 Å². The second-order valence-electron chi connectivity index (χ2n) is 7.49. The molecule has 8 nitrogen and oxygen atoms in total. The van der Waals surface area contributed by atoms with E-state index in [1.807, 2.05) is 0 Å². The van der Waals surface area contributed by atoms with E-state index in [0.29, 0.717) is 16.4 Å². The number of carbonyl (C=O) groups is 1. The van der Waals surface area contributed by atoms with Gasteiger partial charge >= 0.3 is 0 Å². The number of thiazole rings is 1. The molecule has 0 bridgehead atoms. The van der Waals surface area contributed by atoms with E-state index in [0.717, 1.165) is 30.3 Å². The van der Waals surface area contributed by atoms with Crippen LogP contribution in [0.1, 0.15) is 43.0 Å². The minimum Gasteiger partial charge on any atom is -0.430 e. The number of nitrogens with one attached hydrogen (secondary N) is 1. The highest BCUT2D eigenvalue weighted by Gasteiger charge is 2.26. The number of rotatable bonds is 4. The van der Waals surface area contributed by atoms with Crippen LogP contribution in [-0.2, 0) is 24.2 Å². The Morgan fingerprint density at radius 2 is 2.14 bits per heavy atom. The van der Waals surface area contributed by atoms with E-state index >= 15 is 0 Å². The Morgan fingerprint density at radius 3 is 2.90 bits per heavy atom. The molecule has 4 aromatic rings. The predicted octanol–water partition coefficient (Wildman–Crippen LogP) is 3.25. The van der Waals surface area contributed by atoms with Crippen LogP contribution in [0.15, 0.2) is 27.1 Å². The van der Waals surface area contributed by atoms with E-state index in [1.54, 1.807) is 11.6 Å². The number of fused-ring (bicyclic) bond motifs is 5. The van der Waals surface area contributed by atoms with Crippen LogP contribution in [0, 0.1) is 0 Å². The summed E-state index contributed by atoms with van der Waals surface area (Å²) in [5, 5.41) is 5.76. The first-order chi connectivity index (χ1) is 14.0. The molecule has 4 heterocycles. The van der Waals surface area contributed by atoms with Gasteiger partial charge in [-0.05, 0) is 36.3 Å². The molecule has 148 valence electrons. The molecular weight excluding hydrogens is 390 g/mol. The molecule has 0 saturated heterocycles. The fourth-order valence-corrected chi connectivity index (χ4v) is 4.55. The van der Waals surface area contributed by atoms with E-state index < -0.39 is 0 Å². The van der Waals surface area contributed by atoms with Crippen LogP contribution in [0.5, 0.6) is 0 Å². The number of carbonyl (C=O) groups excluding carboxylic acids is 1. The maximum absolute atomic E-state index is 13.0. The first-order valence-corrected chi connectivity index (χ1v) is 10.4. The molecule has 0 aliphatic heterocycles. The maximum Gasteiger partial charge on any atom is 0.297 e. The van der Waals surface area contributed by atoms with Gasteiger partial charge in [-0.1, -0.05) is 13.8 Å². The van der Waals surface area contributed by atoms with Crippen molar-refractivity contribution in [2.75, 3.05) is 5.32 Å². The molecule has 0 radical (unpaired) electrons. The molecule has 0 saturated carbocycles. The van der Waals surface area contributed by atoms with Crippen LogP contribution in [0.3, 0.4) is 0 Å². The van der Waals surface area contributed by atoms with Crippen LogP contribution in [0.25, 0.3) is 22.2 Å². The minimum atomic E-state index is -0.389. The molecule has 0 atom stereocenters. The summed E-state index contributed by atoms with van der Waals surface area (Å²) in [6.45, 7) is 4.06. The van der Waals surface area contributed by atoms with E-state index in [9.17, 15) is 9.59 Å². The third-order valence-corrected chi connectivity index (χ3v) is 5.92. The van der Waals surface area contributed by atoms with Gasteiger partial charge in [0.1, 0.15) is 12.1 Å². The molecule has 1 aliphatic carbocycles. The zero-order valence-corrected chi connectivity index (χ0v) is 16.9.